The monoisotopic (exact) mass is 256 g/mol. The average Bonchev–Trinajstić information content (AvgIpc) is 2.94. The van der Waals surface area contributed by atoms with E-state index in [1.54, 1.807) is 6.20 Å². The summed E-state index contributed by atoms with van der Waals surface area (Å²) in [5.41, 5.74) is 6.58. The molecule has 2 atom stereocenters. The molecule has 2 rings (SSSR count). The van der Waals surface area contributed by atoms with Gasteiger partial charge in [-0.15, -0.1) is 0 Å². The Morgan fingerprint density at radius 1 is 1.64 bits per heavy atom. The minimum atomic E-state index is -0.0964. The first-order chi connectivity index (χ1) is 6.72. The molecule has 0 radical (unpaired) electrons. The van der Waals surface area contributed by atoms with Gasteiger partial charge >= 0.3 is 0 Å². The number of rotatable bonds is 3. The molecule has 0 aromatic carbocycles. The quantitative estimate of drug-likeness (QED) is 0.857. The summed E-state index contributed by atoms with van der Waals surface area (Å²) in [7, 11) is 0. The average molecular weight is 257 g/mol. The molecule has 1 aromatic rings. The molecular weight excluding hydrogens is 244 g/mol. The van der Waals surface area contributed by atoms with Crippen LogP contribution in [0.5, 0.6) is 0 Å². The second kappa shape index (κ2) is 3.61. The topological polar surface area (TPSA) is 59.1 Å². The maximum absolute atomic E-state index is 9.23. The number of hydrogen-bond acceptors (Lipinski definition) is 3. The molecule has 0 aliphatic heterocycles. The van der Waals surface area contributed by atoms with Gasteiger partial charge < -0.3 is 10.8 Å². The first-order valence-electron chi connectivity index (χ1n) is 4.64. The zero-order valence-corrected chi connectivity index (χ0v) is 9.37. The smallest absolute Gasteiger partial charge is 0.0506 e. The lowest BCUT2D eigenvalue weighted by Crippen LogP contribution is -2.21. The van der Waals surface area contributed by atoms with E-state index in [1.807, 2.05) is 12.1 Å². The van der Waals surface area contributed by atoms with Gasteiger partial charge in [0, 0.05) is 34.2 Å². The molecule has 4 heteroatoms. The van der Waals surface area contributed by atoms with E-state index in [-0.39, 0.29) is 12.0 Å². The van der Waals surface area contributed by atoms with Gasteiger partial charge in [0.2, 0.25) is 0 Å². The van der Waals surface area contributed by atoms with Crippen molar-refractivity contribution in [2.45, 2.75) is 12.3 Å². The van der Waals surface area contributed by atoms with Gasteiger partial charge in [0.25, 0.3) is 0 Å². The number of aliphatic hydroxyl groups is 1. The molecule has 1 saturated carbocycles. The Morgan fingerprint density at radius 3 is 2.86 bits per heavy atom. The summed E-state index contributed by atoms with van der Waals surface area (Å²) in [6, 6.07) is 3.96. The molecule has 0 saturated heterocycles. The maximum Gasteiger partial charge on any atom is 0.0506 e. The second-order valence-electron chi connectivity index (χ2n) is 3.88. The van der Waals surface area contributed by atoms with Crippen LogP contribution in [0.25, 0.3) is 0 Å². The molecule has 1 heterocycles. The summed E-state index contributed by atoms with van der Waals surface area (Å²) in [4.78, 5) is 4.32. The molecule has 2 unspecified atom stereocenters. The Bertz CT molecular complexity index is 321. The van der Waals surface area contributed by atoms with E-state index in [4.69, 9.17) is 5.73 Å². The molecule has 3 N–H and O–H groups in total. The molecular formula is C10H13BrN2O. The Morgan fingerprint density at radius 2 is 2.43 bits per heavy atom. The van der Waals surface area contributed by atoms with Crippen molar-refractivity contribution in [2.75, 3.05) is 13.2 Å². The van der Waals surface area contributed by atoms with E-state index in [0.29, 0.717) is 12.5 Å². The molecule has 1 aliphatic carbocycles. The number of aromatic nitrogens is 1. The van der Waals surface area contributed by atoms with Crippen molar-refractivity contribution in [1.29, 1.82) is 0 Å². The molecule has 0 amide bonds. The normalized spacial score (nSPS) is 30.4. The third-order valence-electron chi connectivity index (χ3n) is 3.02. The fraction of sp³-hybridized carbons (Fsp3) is 0.500. The Hall–Kier alpha value is -0.450. The van der Waals surface area contributed by atoms with Gasteiger partial charge in [0.15, 0.2) is 0 Å². The zero-order chi connectivity index (χ0) is 10.2. The van der Waals surface area contributed by atoms with Gasteiger partial charge in [-0.05, 0) is 34.5 Å². The predicted molar refractivity (Wildman–Crippen MR) is 57.9 cm³/mol. The van der Waals surface area contributed by atoms with E-state index in [0.717, 1.165) is 16.6 Å². The van der Waals surface area contributed by atoms with E-state index in [1.165, 1.54) is 0 Å². The fourth-order valence-corrected chi connectivity index (χ4v) is 2.06. The Kier molecular flexibility index (Phi) is 2.60. The van der Waals surface area contributed by atoms with Crippen LogP contribution >= 0.6 is 15.9 Å². The fourth-order valence-electron chi connectivity index (χ4n) is 1.82. The number of aliphatic hydroxyl groups excluding tert-OH is 1. The lowest BCUT2D eigenvalue weighted by Gasteiger charge is -2.10. The summed E-state index contributed by atoms with van der Waals surface area (Å²) in [6.07, 6.45) is 2.74. The van der Waals surface area contributed by atoms with E-state index < -0.39 is 0 Å². The standard InChI is InChI=1S/C10H13BrN2O/c11-7-1-2-9(13-4-7)8-3-10(8,5-12)6-14/h1-2,4,8,14H,3,5-6,12H2. The largest absolute Gasteiger partial charge is 0.396 e. The van der Waals surface area contributed by atoms with E-state index in [2.05, 4.69) is 20.9 Å². The van der Waals surface area contributed by atoms with Crippen molar-refractivity contribution in [2.24, 2.45) is 11.1 Å². The molecule has 3 nitrogen and oxygen atoms in total. The van der Waals surface area contributed by atoms with Crippen molar-refractivity contribution >= 4 is 15.9 Å². The Labute approximate surface area is 91.5 Å². The third-order valence-corrected chi connectivity index (χ3v) is 3.49. The molecule has 14 heavy (non-hydrogen) atoms. The van der Waals surface area contributed by atoms with Crippen molar-refractivity contribution in [3.05, 3.63) is 28.5 Å². The minimum Gasteiger partial charge on any atom is -0.396 e. The first kappa shape index (κ1) is 10.1. The van der Waals surface area contributed by atoms with Gasteiger partial charge in [0.05, 0.1) is 6.61 Å². The molecule has 1 aromatic heterocycles. The van der Waals surface area contributed by atoms with Crippen LogP contribution in [-0.2, 0) is 0 Å². The summed E-state index contributed by atoms with van der Waals surface area (Å²) in [6.45, 7) is 0.692. The number of halogens is 1. The van der Waals surface area contributed by atoms with Crippen LogP contribution in [0.4, 0.5) is 0 Å². The van der Waals surface area contributed by atoms with Crippen molar-refractivity contribution in [1.82, 2.24) is 4.98 Å². The summed E-state index contributed by atoms with van der Waals surface area (Å²) in [5.74, 6) is 0.339. The van der Waals surface area contributed by atoms with Gasteiger partial charge in [-0.2, -0.15) is 0 Å². The number of hydrogen-bond donors (Lipinski definition) is 2. The van der Waals surface area contributed by atoms with Crippen molar-refractivity contribution in [3.63, 3.8) is 0 Å². The lowest BCUT2D eigenvalue weighted by atomic mass is 10.0. The minimum absolute atomic E-state index is 0.0964. The van der Waals surface area contributed by atoms with E-state index >= 15 is 0 Å². The van der Waals surface area contributed by atoms with Gasteiger partial charge in [-0.1, -0.05) is 0 Å². The van der Waals surface area contributed by atoms with Gasteiger partial charge in [-0.25, -0.2) is 0 Å². The predicted octanol–water partition coefficient (Wildman–Crippen LogP) is 1.27. The zero-order valence-electron chi connectivity index (χ0n) is 7.78. The molecule has 0 spiro atoms. The molecule has 76 valence electrons. The third kappa shape index (κ3) is 1.58. The van der Waals surface area contributed by atoms with Gasteiger partial charge in [-0.3, -0.25) is 4.98 Å². The van der Waals surface area contributed by atoms with Gasteiger partial charge in [0.1, 0.15) is 0 Å². The highest BCUT2D eigenvalue weighted by molar-refractivity contribution is 9.10. The second-order valence-corrected chi connectivity index (χ2v) is 4.80. The Balaban J connectivity index is 2.16. The summed E-state index contributed by atoms with van der Waals surface area (Å²) >= 11 is 3.34. The van der Waals surface area contributed by atoms with Crippen LogP contribution in [0.1, 0.15) is 18.0 Å². The molecule has 1 aliphatic rings. The first-order valence-corrected chi connectivity index (χ1v) is 5.43. The highest BCUT2D eigenvalue weighted by Gasteiger charge is 2.54. The maximum atomic E-state index is 9.23. The van der Waals surface area contributed by atoms with Crippen LogP contribution in [-0.4, -0.2) is 23.2 Å². The number of pyridine rings is 1. The highest BCUT2D eigenvalue weighted by Crippen LogP contribution is 2.57. The molecule has 1 fully saturated rings. The summed E-state index contributed by atoms with van der Waals surface area (Å²) in [5, 5.41) is 9.23. The van der Waals surface area contributed by atoms with Crippen LogP contribution < -0.4 is 5.73 Å². The van der Waals surface area contributed by atoms with Crippen LogP contribution in [0.3, 0.4) is 0 Å². The van der Waals surface area contributed by atoms with Crippen LogP contribution in [0.15, 0.2) is 22.8 Å². The van der Waals surface area contributed by atoms with Crippen molar-refractivity contribution < 1.29 is 5.11 Å². The van der Waals surface area contributed by atoms with Crippen LogP contribution in [0.2, 0.25) is 0 Å². The number of nitrogens with two attached hydrogens (primary N) is 1. The number of nitrogens with zero attached hydrogens (tertiary/aromatic N) is 1. The SMILES string of the molecule is NCC1(CO)CC1c1ccc(Br)cn1. The van der Waals surface area contributed by atoms with Crippen molar-refractivity contribution in [3.8, 4) is 0 Å². The molecule has 0 bridgehead atoms. The van der Waals surface area contributed by atoms with E-state index in [9.17, 15) is 5.11 Å². The summed E-state index contributed by atoms with van der Waals surface area (Å²) < 4.78 is 0.976. The van der Waals surface area contributed by atoms with Crippen LogP contribution in [0, 0.1) is 5.41 Å². The highest BCUT2D eigenvalue weighted by atomic mass is 79.9. The lowest BCUT2D eigenvalue weighted by molar-refractivity contribution is 0.211.